The van der Waals surface area contributed by atoms with Crippen molar-refractivity contribution in [2.24, 2.45) is 0 Å². The fourth-order valence-corrected chi connectivity index (χ4v) is 2.56. The number of carbonyl (C=O) groups excluding carboxylic acids is 1. The molecule has 0 aliphatic heterocycles. The molecule has 0 radical (unpaired) electrons. The average molecular weight is 281 g/mol. The number of nitrogens with one attached hydrogen (secondary N) is 1. The molecule has 0 fully saturated rings. The van der Waals surface area contributed by atoms with Gasteiger partial charge in [-0.3, -0.25) is 0 Å². The summed E-state index contributed by atoms with van der Waals surface area (Å²) in [5.41, 5.74) is 0.716. The minimum absolute atomic E-state index is 0.115. The van der Waals surface area contributed by atoms with Gasteiger partial charge in [-0.15, -0.1) is 11.3 Å². The summed E-state index contributed by atoms with van der Waals surface area (Å²) in [6, 6.07) is 8.54. The quantitative estimate of drug-likeness (QED) is 0.937. The van der Waals surface area contributed by atoms with E-state index in [1.165, 1.54) is 21.9 Å². The molecule has 0 saturated carbocycles. The van der Waals surface area contributed by atoms with Crippen LogP contribution >= 0.6 is 22.9 Å². The fourth-order valence-electron chi connectivity index (χ4n) is 1.55. The summed E-state index contributed by atoms with van der Waals surface area (Å²) in [7, 11) is 0. The van der Waals surface area contributed by atoms with Gasteiger partial charge in [-0.1, -0.05) is 17.7 Å². The molecular formula is C13H11ClNO2S-. The van der Waals surface area contributed by atoms with E-state index in [2.05, 4.69) is 5.32 Å². The number of benzene rings is 1. The van der Waals surface area contributed by atoms with Crippen LogP contribution in [0.15, 0.2) is 30.3 Å². The molecule has 1 aromatic carbocycles. The average Bonchev–Trinajstić information content (AvgIpc) is 2.74. The number of hydrogen-bond donors (Lipinski definition) is 1. The summed E-state index contributed by atoms with van der Waals surface area (Å²) in [5, 5.41) is 14.4. The molecule has 94 valence electrons. The third-order valence-corrected chi connectivity index (χ3v) is 3.78. The Morgan fingerprint density at radius 3 is 2.78 bits per heavy atom. The SMILES string of the molecule is Cc1ccc(CNc2cc(C(=O)[O-])ccc2Cl)s1. The summed E-state index contributed by atoms with van der Waals surface area (Å²) in [6.45, 7) is 2.66. The number of rotatable bonds is 4. The largest absolute Gasteiger partial charge is 0.545 e. The van der Waals surface area contributed by atoms with Gasteiger partial charge in [0.05, 0.1) is 16.7 Å². The standard InChI is InChI=1S/C13H12ClNO2S/c1-8-2-4-10(18-8)7-15-12-6-9(13(16)17)3-5-11(12)14/h2-6,15H,7H2,1H3,(H,16,17)/p-1. The van der Waals surface area contributed by atoms with Crippen molar-refractivity contribution < 1.29 is 9.90 Å². The van der Waals surface area contributed by atoms with Gasteiger partial charge >= 0.3 is 0 Å². The molecule has 0 aliphatic rings. The van der Waals surface area contributed by atoms with E-state index in [0.29, 0.717) is 17.3 Å². The molecule has 18 heavy (non-hydrogen) atoms. The number of anilines is 1. The zero-order valence-electron chi connectivity index (χ0n) is 9.70. The van der Waals surface area contributed by atoms with E-state index in [1.54, 1.807) is 17.4 Å². The Kier molecular flexibility index (Phi) is 3.89. The Balaban J connectivity index is 2.13. The molecule has 0 amide bonds. The molecule has 2 aromatic rings. The number of halogens is 1. The third kappa shape index (κ3) is 3.03. The second-order valence-corrected chi connectivity index (χ2v) is 5.63. The Bertz CT molecular complexity index is 580. The molecule has 0 unspecified atom stereocenters. The smallest absolute Gasteiger partial charge is 0.0716 e. The maximum absolute atomic E-state index is 10.8. The zero-order chi connectivity index (χ0) is 13.1. The summed E-state index contributed by atoms with van der Waals surface area (Å²) >= 11 is 7.69. The number of carbonyl (C=O) groups is 1. The van der Waals surface area contributed by atoms with Gasteiger partial charge in [0.2, 0.25) is 0 Å². The van der Waals surface area contributed by atoms with E-state index in [0.717, 1.165) is 0 Å². The van der Waals surface area contributed by atoms with Crippen LogP contribution in [-0.2, 0) is 6.54 Å². The van der Waals surface area contributed by atoms with Crippen LogP contribution in [0.1, 0.15) is 20.1 Å². The molecule has 1 aromatic heterocycles. The van der Waals surface area contributed by atoms with Gasteiger partial charge in [0.1, 0.15) is 0 Å². The highest BCUT2D eigenvalue weighted by atomic mass is 35.5. The summed E-state index contributed by atoms with van der Waals surface area (Å²) in [4.78, 5) is 13.2. The van der Waals surface area contributed by atoms with Crippen molar-refractivity contribution >= 4 is 34.6 Å². The van der Waals surface area contributed by atoms with E-state index < -0.39 is 5.97 Å². The van der Waals surface area contributed by atoms with Crippen molar-refractivity contribution in [3.05, 3.63) is 50.7 Å². The minimum atomic E-state index is -1.21. The second-order valence-electron chi connectivity index (χ2n) is 3.85. The minimum Gasteiger partial charge on any atom is -0.545 e. The van der Waals surface area contributed by atoms with Gasteiger partial charge < -0.3 is 15.2 Å². The van der Waals surface area contributed by atoms with E-state index in [9.17, 15) is 9.90 Å². The summed E-state index contributed by atoms with van der Waals surface area (Å²) in [5.74, 6) is -1.21. The molecule has 1 N–H and O–H groups in total. The lowest BCUT2D eigenvalue weighted by molar-refractivity contribution is -0.255. The van der Waals surface area contributed by atoms with Gasteiger partial charge in [-0.2, -0.15) is 0 Å². The van der Waals surface area contributed by atoms with E-state index in [1.807, 2.05) is 19.1 Å². The molecular weight excluding hydrogens is 270 g/mol. The van der Waals surface area contributed by atoms with Crippen molar-refractivity contribution in [1.29, 1.82) is 0 Å². The number of carboxylic acid groups (broad SMARTS) is 1. The lowest BCUT2D eigenvalue weighted by atomic mass is 10.2. The van der Waals surface area contributed by atoms with E-state index >= 15 is 0 Å². The zero-order valence-corrected chi connectivity index (χ0v) is 11.3. The van der Waals surface area contributed by atoms with Crippen LogP contribution in [0.3, 0.4) is 0 Å². The predicted molar refractivity (Wildman–Crippen MR) is 72.2 cm³/mol. The van der Waals surface area contributed by atoms with Crippen LogP contribution in [-0.4, -0.2) is 5.97 Å². The molecule has 2 rings (SSSR count). The number of hydrogen-bond acceptors (Lipinski definition) is 4. The maximum atomic E-state index is 10.8. The topological polar surface area (TPSA) is 52.2 Å². The molecule has 0 bridgehead atoms. The first kappa shape index (κ1) is 12.9. The first-order valence-corrected chi connectivity index (χ1v) is 6.56. The number of aromatic carboxylic acids is 1. The van der Waals surface area contributed by atoms with E-state index in [4.69, 9.17) is 11.6 Å². The Hall–Kier alpha value is -1.52. The molecule has 0 aliphatic carbocycles. The summed E-state index contributed by atoms with van der Waals surface area (Å²) in [6.07, 6.45) is 0. The first-order chi connectivity index (χ1) is 8.56. The number of carboxylic acids is 1. The van der Waals surface area contributed by atoms with Gasteiger partial charge in [-0.05, 0) is 36.8 Å². The van der Waals surface area contributed by atoms with Gasteiger partial charge in [-0.25, -0.2) is 0 Å². The van der Waals surface area contributed by atoms with Crippen molar-refractivity contribution in [3.63, 3.8) is 0 Å². The van der Waals surface area contributed by atoms with Crippen LogP contribution in [0.2, 0.25) is 5.02 Å². The highest BCUT2D eigenvalue weighted by Crippen LogP contribution is 2.24. The molecule has 5 heteroatoms. The second kappa shape index (κ2) is 5.42. The van der Waals surface area contributed by atoms with Gasteiger partial charge in [0.25, 0.3) is 0 Å². The normalized spacial score (nSPS) is 10.3. The molecule has 1 heterocycles. The van der Waals surface area contributed by atoms with Crippen molar-refractivity contribution in [1.82, 2.24) is 0 Å². The van der Waals surface area contributed by atoms with E-state index in [-0.39, 0.29) is 5.56 Å². The fraction of sp³-hybridized carbons (Fsp3) is 0.154. The Morgan fingerprint density at radius 2 is 2.17 bits per heavy atom. The maximum Gasteiger partial charge on any atom is 0.0716 e. The van der Waals surface area contributed by atoms with Crippen LogP contribution < -0.4 is 10.4 Å². The lowest BCUT2D eigenvalue weighted by Crippen LogP contribution is -2.22. The molecule has 0 saturated heterocycles. The van der Waals surface area contributed by atoms with Gasteiger partial charge in [0.15, 0.2) is 0 Å². The monoisotopic (exact) mass is 280 g/mol. The van der Waals surface area contributed by atoms with Crippen LogP contribution in [0.25, 0.3) is 0 Å². The molecule has 0 atom stereocenters. The number of aryl methyl sites for hydroxylation is 1. The number of thiophene rings is 1. The van der Waals surface area contributed by atoms with Crippen molar-refractivity contribution in [2.45, 2.75) is 13.5 Å². The highest BCUT2D eigenvalue weighted by Gasteiger charge is 2.03. The van der Waals surface area contributed by atoms with Crippen molar-refractivity contribution in [3.8, 4) is 0 Å². The Morgan fingerprint density at radius 1 is 1.39 bits per heavy atom. The van der Waals surface area contributed by atoms with Crippen LogP contribution in [0.4, 0.5) is 5.69 Å². The Labute approximate surface area is 114 Å². The van der Waals surface area contributed by atoms with Crippen LogP contribution in [0.5, 0.6) is 0 Å². The molecule has 3 nitrogen and oxygen atoms in total. The first-order valence-electron chi connectivity index (χ1n) is 5.36. The van der Waals surface area contributed by atoms with Crippen LogP contribution in [0, 0.1) is 6.92 Å². The summed E-state index contributed by atoms with van der Waals surface area (Å²) < 4.78 is 0. The predicted octanol–water partition coefficient (Wildman–Crippen LogP) is 2.69. The van der Waals surface area contributed by atoms with Crippen molar-refractivity contribution in [2.75, 3.05) is 5.32 Å². The lowest BCUT2D eigenvalue weighted by Gasteiger charge is -2.10. The highest BCUT2D eigenvalue weighted by molar-refractivity contribution is 7.11. The van der Waals surface area contributed by atoms with Gasteiger partial charge in [0, 0.05) is 16.3 Å². The third-order valence-electron chi connectivity index (χ3n) is 2.45. The molecule has 0 spiro atoms.